The predicted octanol–water partition coefficient (Wildman–Crippen LogP) is 1.72. The number of pyridine rings is 2. The number of hydrogen-bond acceptors (Lipinski definition) is 8. The second-order valence-corrected chi connectivity index (χ2v) is 7.95. The molecule has 0 spiro atoms. The lowest BCUT2D eigenvalue weighted by atomic mass is 10.0. The fraction of sp³-hybridized carbons (Fsp3) is 0.409. The molecule has 2 aliphatic rings. The summed E-state index contributed by atoms with van der Waals surface area (Å²) in [6.07, 6.45) is 4.20. The van der Waals surface area contributed by atoms with Gasteiger partial charge in [-0.15, -0.1) is 0 Å². The first kappa shape index (κ1) is 21.7. The number of likely N-dealkylation sites (N-methyl/N-ethyl adjacent to an activating group) is 1. The van der Waals surface area contributed by atoms with Gasteiger partial charge in [-0.05, 0) is 37.9 Å². The highest BCUT2D eigenvalue weighted by Gasteiger charge is 2.27. The van der Waals surface area contributed by atoms with Gasteiger partial charge in [-0.3, -0.25) is 15.0 Å². The number of ether oxygens (including phenoxy) is 1. The molecule has 2 aromatic heterocycles. The molecular weight excluding hydrogens is 412 g/mol. The molecule has 4 rings (SSSR count). The van der Waals surface area contributed by atoms with E-state index in [0.29, 0.717) is 41.9 Å². The number of urea groups is 1. The molecule has 32 heavy (non-hydrogen) atoms. The minimum absolute atomic E-state index is 0.0290. The lowest BCUT2D eigenvalue weighted by Gasteiger charge is -2.29. The molecular formula is C22H24N6O4. The number of carbonyl (C=O) groups excluding carboxylic acids is 2. The number of nitrogens with zero attached hydrogens (tertiary/aromatic N) is 5. The van der Waals surface area contributed by atoms with Gasteiger partial charge in [0.05, 0.1) is 12.8 Å². The normalized spacial score (nSPS) is 18.0. The standard InChI is InChI=1S/C22H24N6O4/c1-27-6-4-17(11-27)32-19-8-20(24-10-16(19)9-23)26-22(31)28-5-2-3-14-7-15(12-29)18(13-30)25-21(14)28/h7-8,10,13,17,29H,2-6,11-12H2,1H3,(H,24,26,31)/t17-/m1/s1. The molecule has 1 atom stereocenters. The van der Waals surface area contributed by atoms with Crippen molar-refractivity contribution in [2.75, 3.05) is 36.9 Å². The fourth-order valence-electron chi connectivity index (χ4n) is 4.02. The van der Waals surface area contributed by atoms with E-state index in [1.807, 2.05) is 7.05 Å². The van der Waals surface area contributed by atoms with Crippen LogP contribution in [0.3, 0.4) is 0 Å². The molecule has 0 unspecified atom stereocenters. The lowest BCUT2D eigenvalue weighted by Crippen LogP contribution is -2.39. The van der Waals surface area contributed by atoms with Gasteiger partial charge >= 0.3 is 6.03 Å². The zero-order valence-electron chi connectivity index (χ0n) is 17.7. The van der Waals surface area contributed by atoms with E-state index in [1.165, 1.54) is 11.1 Å². The first-order valence-corrected chi connectivity index (χ1v) is 10.4. The number of hydrogen-bond donors (Lipinski definition) is 2. The second-order valence-electron chi connectivity index (χ2n) is 7.95. The average Bonchev–Trinajstić information content (AvgIpc) is 3.22. The number of aliphatic hydroxyl groups excluding tert-OH is 1. The van der Waals surface area contributed by atoms with Gasteiger partial charge in [-0.2, -0.15) is 5.26 Å². The highest BCUT2D eigenvalue weighted by molar-refractivity contribution is 6.01. The fourth-order valence-corrected chi connectivity index (χ4v) is 4.02. The van der Waals surface area contributed by atoms with Gasteiger partial charge < -0.3 is 14.7 Å². The van der Waals surface area contributed by atoms with Gasteiger partial charge in [0.15, 0.2) is 6.29 Å². The summed E-state index contributed by atoms with van der Waals surface area (Å²) >= 11 is 0. The Balaban J connectivity index is 1.55. The van der Waals surface area contributed by atoms with Crippen molar-refractivity contribution in [2.45, 2.75) is 32.0 Å². The Morgan fingerprint density at radius 2 is 2.28 bits per heavy atom. The Hall–Kier alpha value is -3.55. The number of aliphatic hydroxyl groups is 1. The van der Waals surface area contributed by atoms with Crippen LogP contribution in [0.15, 0.2) is 18.3 Å². The first-order chi connectivity index (χ1) is 15.5. The molecule has 2 amide bonds. The van der Waals surface area contributed by atoms with Crippen molar-refractivity contribution in [3.8, 4) is 11.8 Å². The summed E-state index contributed by atoms with van der Waals surface area (Å²) in [7, 11) is 2.01. The molecule has 2 aromatic rings. The van der Waals surface area contributed by atoms with Crippen LogP contribution in [-0.4, -0.2) is 65.1 Å². The molecule has 2 aliphatic heterocycles. The third-order valence-corrected chi connectivity index (χ3v) is 5.66. The topological polar surface area (TPSA) is 132 Å². The van der Waals surface area contributed by atoms with Gasteiger partial charge in [0.25, 0.3) is 0 Å². The van der Waals surface area contributed by atoms with Gasteiger partial charge in [0.2, 0.25) is 0 Å². The van der Waals surface area contributed by atoms with E-state index < -0.39 is 6.03 Å². The molecule has 10 heteroatoms. The summed E-state index contributed by atoms with van der Waals surface area (Å²) in [5, 5.41) is 21.6. The molecule has 0 radical (unpaired) electrons. The number of likely N-dealkylation sites (tertiary alicyclic amines) is 1. The van der Waals surface area contributed by atoms with Crippen molar-refractivity contribution in [1.29, 1.82) is 5.26 Å². The van der Waals surface area contributed by atoms with E-state index in [2.05, 4.69) is 26.3 Å². The quantitative estimate of drug-likeness (QED) is 0.677. The molecule has 4 heterocycles. The van der Waals surface area contributed by atoms with Crippen molar-refractivity contribution in [1.82, 2.24) is 14.9 Å². The molecule has 166 valence electrons. The van der Waals surface area contributed by atoms with Crippen LogP contribution in [0.1, 0.15) is 40.0 Å². The number of rotatable bonds is 5. The molecule has 0 bridgehead atoms. The maximum atomic E-state index is 13.0. The average molecular weight is 436 g/mol. The second kappa shape index (κ2) is 9.30. The number of nitrogens with one attached hydrogen (secondary N) is 1. The summed E-state index contributed by atoms with van der Waals surface area (Å²) in [6, 6.07) is 4.90. The van der Waals surface area contributed by atoms with Gasteiger partial charge in [-0.25, -0.2) is 14.8 Å². The summed E-state index contributed by atoms with van der Waals surface area (Å²) in [5.41, 5.74) is 1.65. The van der Waals surface area contributed by atoms with Crippen molar-refractivity contribution in [3.63, 3.8) is 0 Å². The maximum Gasteiger partial charge on any atom is 0.328 e. The van der Waals surface area contributed by atoms with Crippen LogP contribution >= 0.6 is 0 Å². The Labute approximate surface area is 185 Å². The van der Waals surface area contributed by atoms with Crippen LogP contribution in [0.25, 0.3) is 0 Å². The number of aryl methyl sites for hydroxylation is 1. The third-order valence-electron chi connectivity index (χ3n) is 5.66. The van der Waals surface area contributed by atoms with Crippen molar-refractivity contribution in [2.24, 2.45) is 0 Å². The lowest BCUT2D eigenvalue weighted by molar-refractivity contribution is 0.111. The number of aldehydes is 1. The van der Waals surface area contributed by atoms with Crippen LogP contribution in [0.5, 0.6) is 5.75 Å². The monoisotopic (exact) mass is 436 g/mol. The number of amides is 2. The van der Waals surface area contributed by atoms with Crippen LogP contribution in [0, 0.1) is 11.3 Å². The Morgan fingerprint density at radius 3 is 2.97 bits per heavy atom. The number of carbonyl (C=O) groups is 2. The molecule has 1 fully saturated rings. The maximum absolute atomic E-state index is 13.0. The van der Waals surface area contributed by atoms with Crippen LogP contribution in [0.4, 0.5) is 16.4 Å². The van der Waals surface area contributed by atoms with E-state index in [-0.39, 0.29) is 24.2 Å². The molecule has 0 aliphatic carbocycles. The summed E-state index contributed by atoms with van der Waals surface area (Å²) < 4.78 is 6.00. The Kier molecular flexibility index (Phi) is 6.30. The van der Waals surface area contributed by atoms with Crippen LogP contribution in [0.2, 0.25) is 0 Å². The van der Waals surface area contributed by atoms with E-state index in [1.54, 1.807) is 12.1 Å². The molecule has 0 aromatic carbocycles. The van der Waals surface area contributed by atoms with Crippen molar-refractivity contribution in [3.05, 3.63) is 40.7 Å². The van der Waals surface area contributed by atoms with Crippen molar-refractivity contribution < 1.29 is 19.4 Å². The summed E-state index contributed by atoms with van der Waals surface area (Å²) in [5.74, 6) is 1.03. The van der Waals surface area contributed by atoms with Gasteiger partial charge in [-0.1, -0.05) is 0 Å². The molecule has 0 saturated carbocycles. The highest BCUT2D eigenvalue weighted by Crippen LogP contribution is 2.29. The van der Waals surface area contributed by atoms with Crippen molar-refractivity contribution >= 4 is 24.0 Å². The Bertz CT molecular complexity index is 1080. The summed E-state index contributed by atoms with van der Waals surface area (Å²) in [4.78, 5) is 36.5. The van der Waals surface area contributed by atoms with Gasteiger partial charge in [0, 0.05) is 31.3 Å². The largest absolute Gasteiger partial charge is 0.487 e. The Morgan fingerprint density at radius 1 is 1.44 bits per heavy atom. The van der Waals surface area contributed by atoms with Crippen LogP contribution in [-0.2, 0) is 13.0 Å². The summed E-state index contributed by atoms with van der Waals surface area (Å²) in [6.45, 7) is 1.81. The van der Waals surface area contributed by atoms with E-state index in [4.69, 9.17) is 4.74 Å². The molecule has 1 saturated heterocycles. The first-order valence-electron chi connectivity index (χ1n) is 10.4. The minimum Gasteiger partial charge on any atom is -0.487 e. The minimum atomic E-state index is -0.448. The van der Waals surface area contributed by atoms with E-state index >= 15 is 0 Å². The zero-order chi connectivity index (χ0) is 22.7. The molecule has 2 N–H and O–H groups in total. The highest BCUT2D eigenvalue weighted by atomic mass is 16.5. The number of nitriles is 1. The number of anilines is 2. The number of aromatic nitrogens is 2. The SMILES string of the molecule is CN1CC[C@@H](Oc2cc(NC(=O)N3CCCc4cc(CO)c(C=O)nc43)ncc2C#N)C1. The smallest absolute Gasteiger partial charge is 0.328 e. The third kappa shape index (κ3) is 4.39. The number of fused-ring (bicyclic) bond motifs is 1. The van der Waals surface area contributed by atoms with E-state index in [0.717, 1.165) is 31.5 Å². The van der Waals surface area contributed by atoms with E-state index in [9.17, 15) is 20.0 Å². The molecule has 10 nitrogen and oxygen atoms in total. The predicted molar refractivity (Wildman–Crippen MR) is 116 cm³/mol. The zero-order valence-corrected chi connectivity index (χ0v) is 17.7. The van der Waals surface area contributed by atoms with Gasteiger partial charge in [0.1, 0.15) is 40.8 Å². The van der Waals surface area contributed by atoms with Crippen LogP contribution < -0.4 is 15.0 Å².